The average molecular weight is 274 g/mol. The van der Waals surface area contributed by atoms with Crippen molar-refractivity contribution in [3.8, 4) is 5.75 Å². The molecule has 1 atom stereocenters. The minimum Gasteiger partial charge on any atom is -0.465 e. The van der Waals surface area contributed by atoms with Gasteiger partial charge in [-0.15, -0.1) is 0 Å². The summed E-state index contributed by atoms with van der Waals surface area (Å²) in [5, 5.41) is 11.6. The second kappa shape index (κ2) is 6.96. The number of guanidine groups is 1. The third-order valence-electron chi connectivity index (χ3n) is 3.33. The first-order valence-electron chi connectivity index (χ1n) is 6.95. The number of benzene rings is 1. The predicted molar refractivity (Wildman–Crippen MR) is 80.2 cm³/mol. The molecule has 20 heavy (non-hydrogen) atoms. The minimum atomic E-state index is -0.465. The predicted octanol–water partition coefficient (Wildman–Crippen LogP) is 2.17. The summed E-state index contributed by atoms with van der Waals surface area (Å²) in [4.78, 5) is 0. The van der Waals surface area contributed by atoms with Crippen molar-refractivity contribution in [3.63, 3.8) is 0 Å². The molecule has 0 aliphatic carbocycles. The van der Waals surface area contributed by atoms with Gasteiger partial charge in [0.05, 0.1) is 0 Å². The molecule has 1 unspecified atom stereocenters. The van der Waals surface area contributed by atoms with Gasteiger partial charge < -0.3 is 10.5 Å². The number of nitrogens with one attached hydrogen (secondary N) is 1. The van der Waals surface area contributed by atoms with Crippen LogP contribution < -0.4 is 10.5 Å². The molecule has 1 aromatic rings. The van der Waals surface area contributed by atoms with Gasteiger partial charge in [-0.2, -0.15) is 0 Å². The molecule has 1 fully saturated rings. The molecular formula is C15H22N4O. The normalized spacial score (nSPS) is 17.2. The Labute approximate surface area is 120 Å². The number of hydrazine groups is 1. The zero-order valence-corrected chi connectivity index (χ0v) is 11.7. The van der Waals surface area contributed by atoms with E-state index >= 15 is 0 Å². The van der Waals surface area contributed by atoms with Gasteiger partial charge in [0.25, 0.3) is 0 Å². The van der Waals surface area contributed by atoms with Crippen molar-refractivity contribution < 1.29 is 4.74 Å². The van der Waals surface area contributed by atoms with E-state index in [0.29, 0.717) is 0 Å². The van der Waals surface area contributed by atoms with Crippen molar-refractivity contribution in [2.45, 2.75) is 25.5 Å². The van der Waals surface area contributed by atoms with E-state index in [4.69, 9.17) is 15.9 Å². The van der Waals surface area contributed by atoms with Crippen LogP contribution in [0.4, 0.5) is 0 Å². The fourth-order valence-corrected chi connectivity index (χ4v) is 2.38. The molecule has 5 nitrogen and oxygen atoms in total. The van der Waals surface area contributed by atoms with Crippen LogP contribution in [0, 0.1) is 5.41 Å². The molecule has 1 heterocycles. The summed E-state index contributed by atoms with van der Waals surface area (Å²) in [6.45, 7) is 5.59. The Kier molecular flexibility index (Phi) is 5.01. The van der Waals surface area contributed by atoms with Crippen LogP contribution in [-0.2, 0) is 0 Å². The van der Waals surface area contributed by atoms with Crippen LogP contribution in [0.5, 0.6) is 5.75 Å². The summed E-state index contributed by atoms with van der Waals surface area (Å²) >= 11 is 0. The number of para-hydroxylation sites is 1. The Morgan fingerprint density at radius 1 is 1.30 bits per heavy atom. The molecule has 1 saturated heterocycles. The zero-order valence-electron chi connectivity index (χ0n) is 11.7. The summed E-state index contributed by atoms with van der Waals surface area (Å²) in [6, 6.07) is 9.52. The maximum Gasteiger partial charge on any atom is 0.207 e. The molecule has 0 amide bonds. The van der Waals surface area contributed by atoms with E-state index in [9.17, 15) is 0 Å². The lowest BCUT2D eigenvalue weighted by Gasteiger charge is -2.40. The van der Waals surface area contributed by atoms with Crippen LogP contribution in [0.25, 0.3) is 0 Å². The van der Waals surface area contributed by atoms with Gasteiger partial charge >= 0.3 is 0 Å². The Morgan fingerprint density at radius 3 is 2.50 bits per heavy atom. The first-order valence-corrected chi connectivity index (χ1v) is 6.95. The average Bonchev–Trinajstić information content (AvgIpc) is 2.48. The van der Waals surface area contributed by atoms with Gasteiger partial charge in [0.15, 0.2) is 0 Å². The number of hydrogen-bond acceptors (Lipinski definition) is 3. The van der Waals surface area contributed by atoms with Crippen molar-refractivity contribution >= 4 is 5.96 Å². The fraction of sp³-hybridized carbons (Fsp3) is 0.400. The first-order chi connectivity index (χ1) is 9.72. The molecule has 2 rings (SSSR count). The molecule has 108 valence electrons. The topological polar surface area (TPSA) is 65.6 Å². The monoisotopic (exact) mass is 274 g/mol. The van der Waals surface area contributed by atoms with Gasteiger partial charge in [-0.05, 0) is 31.1 Å². The van der Waals surface area contributed by atoms with Gasteiger partial charge in [-0.25, -0.2) is 10.0 Å². The highest BCUT2D eigenvalue weighted by atomic mass is 16.5. The highest BCUT2D eigenvalue weighted by Crippen LogP contribution is 2.18. The maximum absolute atomic E-state index is 7.82. The smallest absolute Gasteiger partial charge is 0.207 e. The van der Waals surface area contributed by atoms with E-state index in [2.05, 4.69) is 11.6 Å². The Hall–Kier alpha value is -2.01. The number of piperidine rings is 1. The number of nitrogens with two attached hydrogens (primary N) is 1. The molecule has 1 aliphatic heterocycles. The van der Waals surface area contributed by atoms with E-state index < -0.39 is 6.23 Å². The van der Waals surface area contributed by atoms with Crippen molar-refractivity contribution in [1.82, 2.24) is 10.0 Å². The van der Waals surface area contributed by atoms with Crippen LogP contribution in [0.1, 0.15) is 19.3 Å². The SMILES string of the molecule is C=CC(Oc1ccccc1)N(C(=N)N)N1CCCCC1. The Bertz CT molecular complexity index is 442. The van der Waals surface area contributed by atoms with Crippen LogP contribution in [0.2, 0.25) is 0 Å². The fourth-order valence-electron chi connectivity index (χ4n) is 2.38. The summed E-state index contributed by atoms with van der Waals surface area (Å²) in [7, 11) is 0. The lowest BCUT2D eigenvalue weighted by Crippen LogP contribution is -2.57. The molecule has 1 aromatic carbocycles. The van der Waals surface area contributed by atoms with Crippen molar-refractivity contribution in [2.24, 2.45) is 5.73 Å². The third kappa shape index (κ3) is 3.51. The highest BCUT2D eigenvalue weighted by molar-refractivity contribution is 5.74. The van der Waals surface area contributed by atoms with Crippen LogP contribution in [0.15, 0.2) is 43.0 Å². The molecular weight excluding hydrogens is 252 g/mol. The van der Waals surface area contributed by atoms with Crippen molar-refractivity contribution in [3.05, 3.63) is 43.0 Å². The number of ether oxygens (including phenoxy) is 1. The van der Waals surface area contributed by atoms with Gasteiger partial charge in [0.2, 0.25) is 12.2 Å². The van der Waals surface area contributed by atoms with E-state index in [0.717, 1.165) is 31.7 Å². The van der Waals surface area contributed by atoms with Crippen molar-refractivity contribution in [1.29, 1.82) is 5.41 Å². The van der Waals surface area contributed by atoms with E-state index in [-0.39, 0.29) is 5.96 Å². The van der Waals surface area contributed by atoms with Gasteiger partial charge in [-0.1, -0.05) is 31.2 Å². The van der Waals surface area contributed by atoms with Gasteiger partial charge in [0, 0.05) is 13.1 Å². The summed E-state index contributed by atoms with van der Waals surface area (Å²) in [6.07, 6.45) is 4.65. The van der Waals surface area contributed by atoms with E-state index in [1.807, 2.05) is 30.3 Å². The molecule has 0 bridgehead atoms. The zero-order chi connectivity index (χ0) is 14.4. The molecule has 5 heteroatoms. The quantitative estimate of drug-likeness (QED) is 0.374. The summed E-state index contributed by atoms with van der Waals surface area (Å²) < 4.78 is 5.89. The van der Waals surface area contributed by atoms with Crippen LogP contribution >= 0.6 is 0 Å². The van der Waals surface area contributed by atoms with E-state index in [1.165, 1.54) is 6.42 Å². The Morgan fingerprint density at radius 2 is 1.95 bits per heavy atom. The van der Waals surface area contributed by atoms with Crippen LogP contribution in [0.3, 0.4) is 0 Å². The highest BCUT2D eigenvalue weighted by Gasteiger charge is 2.26. The second-order valence-corrected chi connectivity index (χ2v) is 4.80. The minimum absolute atomic E-state index is 0.0206. The molecule has 3 N–H and O–H groups in total. The standard InChI is InChI=1S/C15H22N4O/c1-2-14(20-13-9-5-3-6-10-13)19(15(16)17)18-11-7-4-8-12-18/h2-3,5-6,9-10,14H,1,4,7-8,11-12H2,(H3,16,17). The number of nitrogens with zero attached hydrogens (tertiary/aromatic N) is 2. The Balaban J connectivity index is 2.12. The first kappa shape index (κ1) is 14.4. The molecule has 0 aromatic heterocycles. The second-order valence-electron chi connectivity index (χ2n) is 4.80. The third-order valence-corrected chi connectivity index (χ3v) is 3.33. The maximum atomic E-state index is 7.82. The van der Waals surface area contributed by atoms with Gasteiger partial charge in [0.1, 0.15) is 5.75 Å². The number of rotatable bonds is 5. The van der Waals surface area contributed by atoms with Crippen LogP contribution in [-0.4, -0.2) is 35.3 Å². The van der Waals surface area contributed by atoms with E-state index in [1.54, 1.807) is 11.1 Å². The lowest BCUT2D eigenvalue weighted by atomic mass is 10.2. The largest absolute Gasteiger partial charge is 0.465 e. The number of hydrogen-bond donors (Lipinski definition) is 2. The summed E-state index contributed by atoms with van der Waals surface area (Å²) in [5.41, 5.74) is 5.74. The molecule has 1 aliphatic rings. The van der Waals surface area contributed by atoms with Gasteiger partial charge in [-0.3, -0.25) is 5.41 Å². The molecule has 0 saturated carbocycles. The summed E-state index contributed by atoms with van der Waals surface area (Å²) in [5.74, 6) is 0.716. The van der Waals surface area contributed by atoms with Crippen molar-refractivity contribution in [2.75, 3.05) is 13.1 Å². The molecule has 0 radical (unpaired) electrons. The molecule has 0 spiro atoms. The lowest BCUT2D eigenvalue weighted by molar-refractivity contribution is -0.0608.